The summed E-state index contributed by atoms with van der Waals surface area (Å²) in [5, 5.41) is 0. The molecule has 0 spiro atoms. The molecular weight excluding hydrogens is 371 g/mol. The molecule has 0 atom stereocenters. The summed E-state index contributed by atoms with van der Waals surface area (Å²) in [6.45, 7) is 3.43. The van der Waals surface area contributed by atoms with E-state index in [1.165, 1.54) is 24.3 Å². The van der Waals surface area contributed by atoms with Crippen molar-refractivity contribution in [3.8, 4) is 28.8 Å². The van der Waals surface area contributed by atoms with Gasteiger partial charge in [0.1, 0.15) is 5.75 Å². The highest BCUT2D eigenvalue weighted by atomic mass is 19.4. The first kappa shape index (κ1) is 20.2. The van der Waals surface area contributed by atoms with Gasteiger partial charge in [0.15, 0.2) is 0 Å². The van der Waals surface area contributed by atoms with Gasteiger partial charge in [-0.2, -0.15) is 0 Å². The van der Waals surface area contributed by atoms with E-state index in [0.29, 0.717) is 36.0 Å². The highest BCUT2D eigenvalue weighted by Crippen LogP contribution is 2.25. The molecule has 0 aliphatic carbocycles. The van der Waals surface area contributed by atoms with Crippen LogP contribution < -0.4 is 4.74 Å². The van der Waals surface area contributed by atoms with Crippen molar-refractivity contribution >= 4 is 0 Å². The summed E-state index contributed by atoms with van der Waals surface area (Å²) >= 11 is 0. The van der Waals surface area contributed by atoms with Gasteiger partial charge in [-0.15, -0.1) is 13.2 Å². The molecule has 1 saturated heterocycles. The lowest BCUT2D eigenvalue weighted by atomic mass is 10.1. The van der Waals surface area contributed by atoms with Crippen molar-refractivity contribution in [3.63, 3.8) is 0 Å². The topological polar surface area (TPSA) is 40.6 Å². The molecule has 0 amide bonds. The van der Waals surface area contributed by atoms with Crippen LogP contribution in [-0.2, 0) is 9.47 Å². The number of rotatable bonds is 4. The van der Waals surface area contributed by atoms with Gasteiger partial charge >= 0.3 is 6.36 Å². The summed E-state index contributed by atoms with van der Waals surface area (Å²) in [6.07, 6.45) is -1.46. The molecule has 2 heterocycles. The number of hydrogen-bond donors (Lipinski definition) is 0. The van der Waals surface area contributed by atoms with Crippen LogP contribution in [0.1, 0.15) is 25.3 Å². The Morgan fingerprint density at radius 2 is 1.82 bits per heavy atom. The Kier molecular flexibility index (Phi) is 6.55. The van der Waals surface area contributed by atoms with E-state index >= 15 is 0 Å². The number of pyridine rings is 1. The summed E-state index contributed by atoms with van der Waals surface area (Å²) < 4.78 is 51.7. The predicted octanol–water partition coefficient (Wildman–Crippen LogP) is 4.79. The molecule has 148 valence electrons. The predicted molar refractivity (Wildman–Crippen MR) is 97.3 cm³/mol. The number of halogens is 3. The second-order valence-electron chi connectivity index (χ2n) is 6.43. The largest absolute Gasteiger partial charge is 0.573 e. The van der Waals surface area contributed by atoms with Crippen molar-refractivity contribution in [2.75, 3.05) is 13.2 Å². The second-order valence-corrected chi connectivity index (χ2v) is 6.43. The summed E-state index contributed by atoms with van der Waals surface area (Å²) in [5.74, 6) is 6.06. The minimum atomic E-state index is -4.71. The minimum absolute atomic E-state index is 0.271. The number of benzene rings is 1. The quantitative estimate of drug-likeness (QED) is 0.703. The van der Waals surface area contributed by atoms with Gasteiger partial charge in [-0.05, 0) is 48.7 Å². The van der Waals surface area contributed by atoms with Crippen LogP contribution >= 0.6 is 0 Å². The molecular formula is C21H20F3NO3. The van der Waals surface area contributed by atoms with Crippen LogP contribution in [0.25, 0.3) is 11.3 Å². The van der Waals surface area contributed by atoms with Crippen LogP contribution in [0.2, 0.25) is 0 Å². The average molecular weight is 391 g/mol. The maximum absolute atomic E-state index is 12.2. The molecule has 0 radical (unpaired) electrons. The normalized spacial score (nSPS) is 19.6. The van der Waals surface area contributed by atoms with E-state index in [4.69, 9.17) is 9.47 Å². The summed E-state index contributed by atoms with van der Waals surface area (Å²) in [6, 6.07) is 9.08. The fourth-order valence-corrected chi connectivity index (χ4v) is 2.81. The Balaban J connectivity index is 1.59. The molecule has 1 aliphatic rings. The second kappa shape index (κ2) is 9.09. The van der Waals surface area contributed by atoms with Gasteiger partial charge in [0, 0.05) is 23.2 Å². The van der Waals surface area contributed by atoms with E-state index in [1.807, 2.05) is 0 Å². The Labute approximate surface area is 161 Å². The zero-order chi connectivity index (χ0) is 20.0. The lowest BCUT2D eigenvalue weighted by Gasteiger charge is -2.26. The van der Waals surface area contributed by atoms with E-state index in [9.17, 15) is 13.2 Å². The lowest BCUT2D eigenvalue weighted by molar-refractivity contribution is -0.274. The minimum Gasteiger partial charge on any atom is -0.406 e. The van der Waals surface area contributed by atoms with Crippen molar-refractivity contribution < 1.29 is 27.4 Å². The Bertz CT molecular complexity index is 815. The van der Waals surface area contributed by atoms with E-state index in [-0.39, 0.29) is 5.75 Å². The summed E-state index contributed by atoms with van der Waals surface area (Å²) in [5.41, 5.74) is 2.00. The molecule has 1 aromatic carbocycles. The van der Waals surface area contributed by atoms with Gasteiger partial charge in [-0.25, -0.2) is 0 Å². The van der Waals surface area contributed by atoms with E-state index < -0.39 is 12.7 Å². The molecule has 2 aromatic rings. The lowest BCUT2D eigenvalue weighted by Crippen LogP contribution is -2.31. The van der Waals surface area contributed by atoms with Crippen LogP contribution in [-0.4, -0.2) is 30.9 Å². The third-order valence-corrected chi connectivity index (χ3v) is 4.15. The van der Waals surface area contributed by atoms with Gasteiger partial charge in [0.25, 0.3) is 0 Å². The molecule has 0 saturated carbocycles. The van der Waals surface area contributed by atoms with Crippen molar-refractivity contribution in [2.45, 2.75) is 32.4 Å². The Morgan fingerprint density at radius 1 is 1.11 bits per heavy atom. The van der Waals surface area contributed by atoms with Gasteiger partial charge in [-0.1, -0.05) is 19.3 Å². The van der Waals surface area contributed by atoms with Crippen LogP contribution in [0.15, 0.2) is 42.6 Å². The number of hydrogen-bond acceptors (Lipinski definition) is 4. The summed E-state index contributed by atoms with van der Waals surface area (Å²) in [4.78, 5) is 4.31. The van der Waals surface area contributed by atoms with Crippen molar-refractivity contribution in [2.24, 2.45) is 5.92 Å². The van der Waals surface area contributed by atoms with E-state index in [2.05, 4.69) is 28.5 Å². The molecule has 1 fully saturated rings. The van der Waals surface area contributed by atoms with Crippen LogP contribution in [0, 0.1) is 17.8 Å². The van der Waals surface area contributed by atoms with Crippen molar-refractivity contribution in [1.82, 2.24) is 4.98 Å². The molecule has 28 heavy (non-hydrogen) atoms. The van der Waals surface area contributed by atoms with Crippen molar-refractivity contribution in [3.05, 3.63) is 48.2 Å². The highest BCUT2D eigenvalue weighted by molar-refractivity contribution is 5.60. The number of alkyl halides is 3. The van der Waals surface area contributed by atoms with Crippen LogP contribution in [0.5, 0.6) is 5.75 Å². The number of aromatic nitrogens is 1. The first-order valence-electron chi connectivity index (χ1n) is 9.00. The Morgan fingerprint density at radius 3 is 2.39 bits per heavy atom. The zero-order valence-electron chi connectivity index (χ0n) is 15.3. The van der Waals surface area contributed by atoms with Crippen LogP contribution in [0.3, 0.4) is 0 Å². The van der Waals surface area contributed by atoms with Gasteiger partial charge in [0.05, 0.1) is 18.9 Å². The standard InChI is InChI=1S/C21H20F3NO3/c1-2-3-16-13-26-20(27-14-16)11-5-15-4-10-19(25-12-15)17-6-8-18(9-7-17)28-21(22,23)24/h4,6-10,12,16,20H,2-3,13-14H2,1H3/t16-,20-. The Hall–Kier alpha value is -2.56. The number of nitrogens with zero attached hydrogens (tertiary/aromatic N) is 1. The zero-order valence-corrected chi connectivity index (χ0v) is 15.3. The van der Waals surface area contributed by atoms with Crippen LogP contribution in [0.4, 0.5) is 13.2 Å². The number of ether oxygens (including phenoxy) is 3. The van der Waals surface area contributed by atoms with E-state index in [0.717, 1.165) is 12.8 Å². The fourth-order valence-electron chi connectivity index (χ4n) is 2.81. The molecule has 0 N–H and O–H groups in total. The smallest absolute Gasteiger partial charge is 0.406 e. The molecule has 4 nitrogen and oxygen atoms in total. The molecule has 1 aromatic heterocycles. The molecule has 0 unspecified atom stereocenters. The SMILES string of the molecule is CCC[C@H]1CO[C@H](C#Cc2ccc(-c3ccc(OC(F)(F)F)cc3)nc2)OC1. The van der Waals surface area contributed by atoms with Gasteiger partial charge in [-0.3, -0.25) is 4.98 Å². The fraction of sp³-hybridized carbons (Fsp3) is 0.381. The highest BCUT2D eigenvalue weighted by Gasteiger charge is 2.31. The van der Waals surface area contributed by atoms with Gasteiger partial charge in [0.2, 0.25) is 6.29 Å². The van der Waals surface area contributed by atoms with E-state index in [1.54, 1.807) is 18.3 Å². The third kappa shape index (κ3) is 5.98. The molecule has 3 rings (SSSR count). The molecule has 1 aliphatic heterocycles. The average Bonchev–Trinajstić information content (AvgIpc) is 2.68. The van der Waals surface area contributed by atoms with Gasteiger partial charge < -0.3 is 14.2 Å². The maximum Gasteiger partial charge on any atom is 0.573 e. The summed E-state index contributed by atoms with van der Waals surface area (Å²) in [7, 11) is 0. The molecule has 0 bridgehead atoms. The first-order valence-corrected chi connectivity index (χ1v) is 9.00. The maximum atomic E-state index is 12.2. The first-order chi connectivity index (χ1) is 13.4. The third-order valence-electron chi connectivity index (χ3n) is 4.15. The monoisotopic (exact) mass is 391 g/mol. The van der Waals surface area contributed by atoms with Crippen molar-refractivity contribution in [1.29, 1.82) is 0 Å². The molecule has 7 heteroatoms.